The van der Waals surface area contributed by atoms with E-state index in [1.54, 1.807) is 35.2 Å². The van der Waals surface area contributed by atoms with Crippen molar-refractivity contribution in [2.75, 3.05) is 37.6 Å². The second kappa shape index (κ2) is 8.22. The fourth-order valence-corrected chi connectivity index (χ4v) is 5.31. The van der Waals surface area contributed by atoms with E-state index in [2.05, 4.69) is 4.90 Å². The normalized spacial score (nSPS) is 19.1. The molecule has 0 atom stereocenters. The lowest BCUT2D eigenvalue weighted by Crippen LogP contribution is -2.48. The zero-order chi connectivity index (χ0) is 20.4. The highest BCUT2D eigenvalue weighted by atomic mass is 32.2. The van der Waals surface area contributed by atoms with Crippen molar-refractivity contribution in [1.82, 2.24) is 9.21 Å². The molecule has 2 aromatic carbocycles. The number of amides is 1. The molecule has 0 radical (unpaired) electrons. The number of hydrogen-bond donors (Lipinski definition) is 0. The van der Waals surface area contributed by atoms with Gasteiger partial charge >= 0.3 is 0 Å². The van der Waals surface area contributed by atoms with Crippen LogP contribution in [0.1, 0.15) is 18.4 Å². The molecular formula is C21H24FN3O3S. The summed E-state index contributed by atoms with van der Waals surface area (Å²) in [6.07, 6.45) is 1.37. The summed E-state index contributed by atoms with van der Waals surface area (Å²) < 4.78 is 40.8. The molecule has 2 aliphatic heterocycles. The van der Waals surface area contributed by atoms with Crippen molar-refractivity contribution < 1.29 is 17.6 Å². The number of sulfonamides is 1. The second-order valence-corrected chi connectivity index (χ2v) is 9.39. The Hall–Kier alpha value is -2.29. The first-order valence-corrected chi connectivity index (χ1v) is 11.2. The van der Waals surface area contributed by atoms with Crippen molar-refractivity contribution in [3.05, 3.63) is 59.9 Å². The molecule has 2 aromatic rings. The van der Waals surface area contributed by atoms with E-state index >= 15 is 0 Å². The number of hydrogen-bond acceptors (Lipinski definition) is 4. The Morgan fingerprint density at radius 2 is 1.66 bits per heavy atom. The summed E-state index contributed by atoms with van der Waals surface area (Å²) in [7, 11) is -3.58. The number of carbonyl (C=O) groups excluding carboxylic acids is 1. The van der Waals surface area contributed by atoms with Crippen LogP contribution in [0.3, 0.4) is 0 Å². The van der Waals surface area contributed by atoms with E-state index in [1.165, 1.54) is 16.4 Å². The predicted molar refractivity (Wildman–Crippen MR) is 108 cm³/mol. The Kier molecular flexibility index (Phi) is 5.67. The van der Waals surface area contributed by atoms with Crippen LogP contribution in [0.15, 0.2) is 53.4 Å². The molecule has 0 aliphatic carbocycles. The van der Waals surface area contributed by atoms with E-state index < -0.39 is 10.0 Å². The fraction of sp³-hybridized carbons (Fsp3) is 0.381. The number of halogens is 1. The fourth-order valence-electron chi connectivity index (χ4n) is 3.89. The predicted octanol–water partition coefficient (Wildman–Crippen LogP) is 2.46. The molecule has 2 aliphatic rings. The summed E-state index contributed by atoms with van der Waals surface area (Å²) in [5.74, 6) is -0.183. The summed E-state index contributed by atoms with van der Waals surface area (Å²) in [5.41, 5.74) is 1.62. The number of benzene rings is 2. The van der Waals surface area contributed by atoms with Crippen LogP contribution in [0.25, 0.3) is 0 Å². The summed E-state index contributed by atoms with van der Waals surface area (Å²) in [4.78, 5) is 15.9. The Balaban J connectivity index is 1.39. The minimum atomic E-state index is -3.58. The summed E-state index contributed by atoms with van der Waals surface area (Å²) in [6.45, 7) is 3.25. The molecule has 29 heavy (non-hydrogen) atoms. The second-order valence-electron chi connectivity index (χ2n) is 7.45. The van der Waals surface area contributed by atoms with Crippen molar-refractivity contribution in [2.24, 2.45) is 0 Å². The molecule has 1 amide bonds. The quantitative estimate of drug-likeness (QED) is 0.750. The van der Waals surface area contributed by atoms with Gasteiger partial charge in [0, 0.05) is 51.4 Å². The first-order chi connectivity index (χ1) is 13.9. The van der Waals surface area contributed by atoms with Crippen LogP contribution in [0.4, 0.5) is 10.1 Å². The van der Waals surface area contributed by atoms with E-state index in [-0.39, 0.29) is 16.6 Å². The standard InChI is InChI=1S/C21H24FN3O3S/c22-18-4-1-3-17(15-18)16-23-11-13-24(14-12-23)29(27,28)20-8-6-19(7-9-20)25-10-2-5-21(25)26/h1,3-4,6-9,15H,2,5,10-14,16H2. The van der Waals surface area contributed by atoms with Crippen LogP contribution < -0.4 is 4.90 Å². The van der Waals surface area contributed by atoms with E-state index in [4.69, 9.17) is 0 Å². The number of anilines is 1. The maximum Gasteiger partial charge on any atom is 0.243 e. The number of carbonyl (C=O) groups is 1. The van der Waals surface area contributed by atoms with Gasteiger partial charge in [-0.2, -0.15) is 4.31 Å². The highest BCUT2D eigenvalue weighted by Crippen LogP contribution is 2.25. The molecule has 4 rings (SSSR count). The average molecular weight is 418 g/mol. The Morgan fingerprint density at radius 3 is 2.28 bits per heavy atom. The van der Waals surface area contributed by atoms with Crippen molar-refractivity contribution in [2.45, 2.75) is 24.3 Å². The van der Waals surface area contributed by atoms with Crippen LogP contribution >= 0.6 is 0 Å². The number of piperazine rings is 1. The molecule has 154 valence electrons. The van der Waals surface area contributed by atoms with Crippen LogP contribution in [-0.4, -0.2) is 56.3 Å². The lowest BCUT2D eigenvalue weighted by atomic mass is 10.2. The van der Waals surface area contributed by atoms with Crippen LogP contribution in [0, 0.1) is 5.82 Å². The average Bonchev–Trinajstić information content (AvgIpc) is 3.14. The van der Waals surface area contributed by atoms with Gasteiger partial charge in [-0.05, 0) is 48.4 Å². The molecule has 0 unspecified atom stereocenters. The highest BCUT2D eigenvalue weighted by Gasteiger charge is 2.29. The Morgan fingerprint density at radius 1 is 0.931 bits per heavy atom. The minimum absolute atomic E-state index is 0.0787. The van der Waals surface area contributed by atoms with E-state index in [0.29, 0.717) is 45.7 Å². The molecule has 0 spiro atoms. The van der Waals surface area contributed by atoms with Gasteiger partial charge in [-0.25, -0.2) is 12.8 Å². The maximum absolute atomic E-state index is 13.3. The van der Waals surface area contributed by atoms with E-state index in [9.17, 15) is 17.6 Å². The zero-order valence-corrected chi connectivity index (χ0v) is 16.9. The third-order valence-electron chi connectivity index (χ3n) is 5.49. The Labute approximate surface area is 170 Å². The third kappa shape index (κ3) is 4.34. The molecule has 2 fully saturated rings. The summed E-state index contributed by atoms with van der Waals surface area (Å²) in [5, 5.41) is 0. The van der Waals surface area contributed by atoms with Gasteiger partial charge in [0.2, 0.25) is 15.9 Å². The highest BCUT2D eigenvalue weighted by molar-refractivity contribution is 7.89. The molecular weight excluding hydrogens is 393 g/mol. The summed E-state index contributed by atoms with van der Waals surface area (Å²) in [6, 6.07) is 13.1. The molecule has 2 saturated heterocycles. The Bertz CT molecular complexity index is 986. The maximum atomic E-state index is 13.3. The lowest BCUT2D eigenvalue weighted by Gasteiger charge is -2.34. The largest absolute Gasteiger partial charge is 0.312 e. The van der Waals surface area contributed by atoms with Crippen molar-refractivity contribution in [3.63, 3.8) is 0 Å². The minimum Gasteiger partial charge on any atom is -0.312 e. The monoisotopic (exact) mass is 417 g/mol. The van der Waals surface area contributed by atoms with Crippen LogP contribution in [0.5, 0.6) is 0 Å². The SMILES string of the molecule is O=C1CCCN1c1ccc(S(=O)(=O)N2CCN(Cc3cccc(F)c3)CC2)cc1. The molecule has 0 bridgehead atoms. The molecule has 0 saturated carbocycles. The van der Waals surface area contributed by atoms with Gasteiger partial charge in [-0.3, -0.25) is 9.69 Å². The lowest BCUT2D eigenvalue weighted by molar-refractivity contribution is -0.117. The van der Waals surface area contributed by atoms with Crippen molar-refractivity contribution in [1.29, 1.82) is 0 Å². The van der Waals surface area contributed by atoms with E-state index in [1.807, 2.05) is 6.07 Å². The van der Waals surface area contributed by atoms with Gasteiger partial charge in [0.1, 0.15) is 5.82 Å². The number of nitrogens with zero attached hydrogens (tertiary/aromatic N) is 3. The van der Waals surface area contributed by atoms with Crippen molar-refractivity contribution in [3.8, 4) is 0 Å². The van der Waals surface area contributed by atoms with Gasteiger partial charge in [-0.1, -0.05) is 12.1 Å². The van der Waals surface area contributed by atoms with Gasteiger partial charge < -0.3 is 4.90 Å². The topological polar surface area (TPSA) is 60.9 Å². The molecule has 6 nitrogen and oxygen atoms in total. The molecule has 0 N–H and O–H groups in total. The first-order valence-electron chi connectivity index (χ1n) is 9.81. The van der Waals surface area contributed by atoms with Gasteiger partial charge in [-0.15, -0.1) is 0 Å². The van der Waals surface area contributed by atoms with Gasteiger partial charge in [0.15, 0.2) is 0 Å². The number of rotatable bonds is 5. The van der Waals surface area contributed by atoms with Crippen LogP contribution in [-0.2, 0) is 21.4 Å². The van der Waals surface area contributed by atoms with Gasteiger partial charge in [0.25, 0.3) is 0 Å². The van der Waals surface area contributed by atoms with Crippen LogP contribution in [0.2, 0.25) is 0 Å². The molecule has 0 aromatic heterocycles. The molecule has 8 heteroatoms. The third-order valence-corrected chi connectivity index (χ3v) is 7.40. The van der Waals surface area contributed by atoms with Gasteiger partial charge in [0.05, 0.1) is 4.90 Å². The first kappa shape index (κ1) is 20.0. The van der Waals surface area contributed by atoms with Crippen molar-refractivity contribution >= 4 is 21.6 Å². The zero-order valence-electron chi connectivity index (χ0n) is 16.1. The van der Waals surface area contributed by atoms with E-state index in [0.717, 1.165) is 17.7 Å². The summed E-state index contributed by atoms with van der Waals surface area (Å²) >= 11 is 0. The smallest absolute Gasteiger partial charge is 0.243 e. The molecule has 2 heterocycles.